The zero-order chi connectivity index (χ0) is 22.1. The van der Waals surface area contributed by atoms with Crippen molar-refractivity contribution >= 4 is 56.4 Å². The second-order valence-corrected chi connectivity index (χ2v) is 9.04. The normalized spacial score (nSPS) is 11.2. The average Bonchev–Trinajstić information content (AvgIpc) is 2.63. The lowest BCUT2D eigenvalue weighted by Crippen LogP contribution is -2.13. The summed E-state index contributed by atoms with van der Waals surface area (Å²) >= 11 is 18.5. The van der Waals surface area contributed by atoms with Gasteiger partial charge in [0.1, 0.15) is 16.4 Å². The number of carbonyl (C=O) groups is 1. The van der Waals surface area contributed by atoms with Gasteiger partial charge in [-0.1, -0.05) is 46.9 Å². The molecule has 10 heteroatoms. The zero-order valence-corrected chi connectivity index (χ0v) is 18.5. The molecule has 0 bridgehead atoms. The maximum absolute atomic E-state index is 12.2. The van der Waals surface area contributed by atoms with Gasteiger partial charge >= 0.3 is 0 Å². The number of nitrogens with one attached hydrogen (secondary N) is 1. The Morgan fingerprint density at radius 3 is 2.37 bits per heavy atom. The van der Waals surface area contributed by atoms with E-state index < -0.39 is 10.0 Å². The molecule has 3 N–H and O–H groups in total. The standard InChI is InChI=1S/C20H15Cl3N2O4S/c1-11(26)25-17-10-14(22)9-16(20(17)23)12-5-6-18(19(7-12)30(24,27)28)29-15-4-2-3-13(21)8-15/h2-10H,1H3,(H,25,26)(H2,24,27,28). The molecule has 156 valence electrons. The molecule has 0 atom stereocenters. The fourth-order valence-electron chi connectivity index (χ4n) is 2.72. The van der Waals surface area contributed by atoms with E-state index in [2.05, 4.69) is 5.32 Å². The van der Waals surface area contributed by atoms with Gasteiger partial charge in [-0.05, 0) is 48.0 Å². The molecule has 0 unspecified atom stereocenters. The van der Waals surface area contributed by atoms with Gasteiger partial charge in [0.25, 0.3) is 0 Å². The molecule has 0 aromatic heterocycles. The number of hydrogen-bond donors (Lipinski definition) is 2. The van der Waals surface area contributed by atoms with Gasteiger partial charge in [-0.15, -0.1) is 0 Å². The summed E-state index contributed by atoms with van der Waals surface area (Å²) in [6.07, 6.45) is 0. The second kappa shape index (κ2) is 8.83. The van der Waals surface area contributed by atoms with Crippen LogP contribution in [0.25, 0.3) is 11.1 Å². The summed E-state index contributed by atoms with van der Waals surface area (Å²) in [7, 11) is -4.15. The molecule has 3 aromatic carbocycles. The molecule has 0 saturated carbocycles. The van der Waals surface area contributed by atoms with Crippen molar-refractivity contribution in [2.75, 3.05) is 5.32 Å². The van der Waals surface area contributed by atoms with Crippen molar-refractivity contribution in [2.24, 2.45) is 5.14 Å². The number of sulfonamides is 1. The summed E-state index contributed by atoms with van der Waals surface area (Å²) in [5, 5.41) is 8.91. The van der Waals surface area contributed by atoms with Crippen LogP contribution in [-0.4, -0.2) is 14.3 Å². The first-order valence-corrected chi connectivity index (χ1v) is 11.1. The molecule has 3 rings (SSSR count). The van der Waals surface area contributed by atoms with E-state index in [0.29, 0.717) is 32.6 Å². The van der Waals surface area contributed by atoms with E-state index in [0.717, 1.165) is 0 Å². The van der Waals surface area contributed by atoms with Crippen molar-refractivity contribution in [3.8, 4) is 22.6 Å². The van der Waals surface area contributed by atoms with E-state index >= 15 is 0 Å². The highest BCUT2D eigenvalue weighted by Gasteiger charge is 2.20. The van der Waals surface area contributed by atoms with Gasteiger partial charge in [0, 0.05) is 22.5 Å². The van der Waals surface area contributed by atoms with E-state index in [1.165, 1.54) is 31.2 Å². The molecular formula is C20H15Cl3N2O4S. The van der Waals surface area contributed by atoms with Crippen LogP contribution < -0.4 is 15.2 Å². The molecule has 0 heterocycles. The van der Waals surface area contributed by atoms with E-state index in [1.54, 1.807) is 30.3 Å². The van der Waals surface area contributed by atoms with Crippen molar-refractivity contribution in [1.82, 2.24) is 0 Å². The molecule has 0 radical (unpaired) electrons. The average molecular weight is 486 g/mol. The van der Waals surface area contributed by atoms with Crippen LogP contribution in [0.15, 0.2) is 59.5 Å². The van der Waals surface area contributed by atoms with E-state index in [1.807, 2.05) is 0 Å². The highest BCUT2D eigenvalue weighted by atomic mass is 35.5. The van der Waals surface area contributed by atoms with Crippen LogP contribution >= 0.6 is 34.8 Å². The molecule has 30 heavy (non-hydrogen) atoms. The molecule has 0 aliphatic carbocycles. The molecule has 0 aliphatic rings. The Balaban J connectivity index is 2.13. The van der Waals surface area contributed by atoms with E-state index in [-0.39, 0.29) is 21.6 Å². The maximum Gasteiger partial charge on any atom is 0.241 e. The van der Waals surface area contributed by atoms with Gasteiger partial charge < -0.3 is 10.1 Å². The topological polar surface area (TPSA) is 98.5 Å². The fourth-order valence-corrected chi connectivity index (χ4v) is 4.06. The Kier molecular flexibility index (Phi) is 6.59. The minimum absolute atomic E-state index is 0.0174. The number of carbonyl (C=O) groups excluding carboxylic acids is 1. The van der Waals surface area contributed by atoms with Crippen molar-refractivity contribution in [3.63, 3.8) is 0 Å². The Hall–Kier alpha value is -2.29. The summed E-state index contributed by atoms with van der Waals surface area (Å²) in [5.41, 5.74) is 1.12. The lowest BCUT2D eigenvalue weighted by Gasteiger charge is -2.14. The van der Waals surface area contributed by atoms with Crippen LogP contribution in [-0.2, 0) is 14.8 Å². The third-order valence-electron chi connectivity index (χ3n) is 3.93. The minimum Gasteiger partial charge on any atom is -0.456 e. The maximum atomic E-state index is 12.2. The highest BCUT2D eigenvalue weighted by molar-refractivity contribution is 7.89. The van der Waals surface area contributed by atoms with Gasteiger partial charge in [-0.25, -0.2) is 13.6 Å². The molecule has 3 aromatic rings. The number of anilines is 1. The molecule has 0 saturated heterocycles. The lowest BCUT2D eigenvalue weighted by molar-refractivity contribution is -0.114. The van der Waals surface area contributed by atoms with Gasteiger partial charge in [0.2, 0.25) is 15.9 Å². The summed E-state index contributed by atoms with van der Waals surface area (Å²) < 4.78 is 30.1. The zero-order valence-electron chi connectivity index (χ0n) is 15.4. The molecule has 0 spiro atoms. The fraction of sp³-hybridized carbons (Fsp3) is 0.0500. The molecular weight excluding hydrogens is 471 g/mol. The third-order valence-corrected chi connectivity index (χ3v) is 5.73. The molecule has 0 fully saturated rings. The summed E-state index contributed by atoms with van der Waals surface area (Å²) in [6.45, 7) is 1.33. The summed E-state index contributed by atoms with van der Waals surface area (Å²) in [4.78, 5) is 11.2. The van der Waals surface area contributed by atoms with Crippen molar-refractivity contribution in [2.45, 2.75) is 11.8 Å². The highest BCUT2D eigenvalue weighted by Crippen LogP contribution is 2.39. The van der Waals surface area contributed by atoms with Crippen molar-refractivity contribution in [1.29, 1.82) is 0 Å². The third kappa shape index (κ3) is 5.24. The predicted molar refractivity (Wildman–Crippen MR) is 119 cm³/mol. The van der Waals surface area contributed by atoms with Crippen LogP contribution in [0.5, 0.6) is 11.5 Å². The number of hydrogen-bond acceptors (Lipinski definition) is 4. The summed E-state index contributed by atoms with van der Waals surface area (Å²) in [6, 6.07) is 13.9. The van der Waals surface area contributed by atoms with E-state index in [9.17, 15) is 13.2 Å². The second-order valence-electron chi connectivity index (χ2n) is 6.26. The van der Waals surface area contributed by atoms with Gasteiger partial charge in [-0.3, -0.25) is 4.79 Å². The van der Waals surface area contributed by atoms with Crippen LogP contribution in [0, 0.1) is 0 Å². The van der Waals surface area contributed by atoms with Crippen molar-refractivity contribution in [3.05, 3.63) is 69.7 Å². The Morgan fingerprint density at radius 1 is 1.00 bits per heavy atom. The van der Waals surface area contributed by atoms with Crippen molar-refractivity contribution < 1.29 is 17.9 Å². The lowest BCUT2D eigenvalue weighted by atomic mass is 10.0. The largest absolute Gasteiger partial charge is 0.456 e. The van der Waals surface area contributed by atoms with E-state index in [4.69, 9.17) is 44.7 Å². The van der Waals surface area contributed by atoms with Gasteiger partial charge in [0.15, 0.2) is 0 Å². The Morgan fingerprint density at radius 2 is 1.73 bits per heavy atom. The van der Waals surface area contributed by atoms with Crippen LogP contribution in [0.2, 0.25) is 15.1 Å². The first kappa shape index (κ1) is 22.4. The van der Waals surface area contributed by atoms with Gasteiger partial charge in [-0.2, -0.15) is 0 Å². The number of primary sulfonamides is 1. The minimum atomic E-state index is -4.15. The van der Waals surface area contributed by atoms with Gasteiger partial charge in [0.05, 0.1) is 10.7 Å². The number of rotatable bonds is 5. The number of halogens is 3. The van der Waals surface area contributed by atoms with Crippen LogP contribution in [0.1, 0.15) is 6.92 Å². The number of nitrogens with two attached hydrogens (primary N) is 1. The smallest absolute Gasteiger partial charge is 0.241 e. The number of ether oxygens (including phenoxy) is 1. The SMILES string of the molecule is CC(=O)Nc1cc(Cl)cc(-c2ccc(Oc3cccc(Cl)c3)c(S(N)(=O)=O)c2)c1Cl. The first-order valence-electron chi connectivity index (χ1n) is 8.42. The monoisotopic (exact) mass is 484 g/mol. The van der Waals surface area contributed by atoms with Crippen LogP contribution in [0.3, 0.4) is 0 Å². The Bertz CT molecular complexity index is 1250. The number of amides is 1. The Labute approximate surface area is 188 Å². The predicted octanol–water partition coefficient (Wildman–Crippen LogP) is 5.71. The van der Waals surface area contributed by atoms with Crippen LogP contribution in [0.4, 0.5) is 5.69 Å². The molecule has 0 aliphatic heterocycles. The quantitative estimate of drug-likeness (QED) is 0.483. The first-order chi connectivity index (χ1) is 14.0. The summed E-state index contributed by atoms with van der Waals surface area (Å²) in [5.74, 6) is 0.0262. The number of benzene rings is 3. The molecule has 1 amide bonds. The molecule has 6 nitrogen and oxygen atoms in total.